The molecule has 0 saturated carbocycles. The number of ether oxygens (including phenoxy) is 1. The zero-order valence-corrected chi connectivity index (χ0v) is 12.3. The molecule has 1 aliphatic heterocycles. The fraction of sp³-hybridized carbons (Fsp3) is 0.222. The van der Waals surface area contributed by atoms with Crippen molar-refractivity contribution in [1.82, 2.24) is 0 Å². The zero-order chi connectivity index (χ0) is 14.7. The molecule has 0 spiro atoms. The van der Waals surface area contributed by atoms with Crippen LogP contribution in [0.1, 0.15) is 30.4 Å². The van der Waals surface area contributed by atoms with Crippen molar-refractivity contribution in [1.29, 1.82) is 0 Å². The zero-order valence-electron chi connectivity index (χ0n) is 12.3. The highest BCUT2D eigenvalue weighted by atomic mass is 16.5. The van der Waals surface area contributed by atoms with E-state index in [0.717, 1.165) is 29.2 Å². The normalized spacial score (nSPS) is 17.9. The van der Waals surface area contributed by atoms with Gasteiger partial charge in [0.1, 0.15) is 5.75 Å². The van der Waals surface area contributed by atoms with Gasteiger partial charge in [0.05, 0.1) is 12.8 Å². The van der Waals surface area contributed by atoms with Gasteiger partial charge in [-0.05, 0) is 30.2 Å². The first-order valence-corrected chi connectivity index (χ1v) is 7.08. The molecule has 3 heteroatoms. The van der Waals surface area contributed by atoms with E-state index in [0.29, 0.717) is 0 Å². The van der Waals surface area contributed by atoms with E-state index >= 15 is 0 Å². The monoisotopic (exact) mass is 278 g/mol. The molecule has 0 aliphatic carbocycles. The second-order valence-electron chi connectivity index (χ2n) is 5.18. The smallest absolute Gasteiger partial charge is 0.118 e. The first-order chi connectivity index (χ1) is 10.3. The second-order valence-corrected chi connectivity index (χ2v) is 5.18. The van der Waals surface area contributed by atoms with Gasteiger partial charge in [0.15, 0.2) is 0 Å². The van der Waals surface area contributed by atoms with Crippen LogP contribution in [0.5, 0.6) is 5.75 Å². The maximum atomic E-state index is 5.22. The van der Waals surface area contributed by atoms with Gasteiger partial charge in [0, 0.05) is 18.1 Å². The number of methoxy groups -OCH3 is 1. The van der Waals surface area contributed by atoms with Crippen LogP contribution < -0.4 is 4.74 Å². The van der Waals surface area contributed by atoms with Gasteiger partial charge in [-0.15, -0.1) is 0 Å². The molecule has 0 N–H and O–H groups in total. The van der Waals surface area contributed by atoms with Gasteiger partial charge >= 0.3 is 0 Å². The first-order valence-electron chi connectivity index (χ1n) is 7.08. The highest BCUT2D eigenvalue weighted by molar-refractivity contribution is 6.06. The maximum Gasteiger partial charge on any atom is 0.118 e. The predicted octanol–water partition coefficient (Wildman–Crippen LogP) is 4.05. The lowest BCUT2D eigenvalue weighted by Gasteiger charge is -2.21. The van der Waals surface area contributed by atoms with Crippen molar-refractivity contribution < 1.29 is 4.74 Å². The Hall–Kier alpha value is -2.42. The highest BCUT2D eigenvalue weighted by Gasteiger charge is 2.22. The van der Waals surface area contributed by atoms with E-state index in [4.69, 9.17) is 4.74 Å². The lowest BCUT2D eigenvalue weighted by molar-refractivity contribution is 0.414. The summed E-state index contributed by atoms with van der Waals surface area (Å²) in [4.78, 5) is 0. The molecular weight excluding hydrogens is 260 g/mol. The molecule has 1 unspecified atom stereocenters. The number of nitrogens with zero attached hydrogens (tertiary/aromatic N) is 2. The lowest BCUT2D eigenvalue weighted by atomic mass is 9.87. The van der Waals surface area contributed by atoms with Gasteiger partial charge in [-0.1, -0.05) is 42.5 Å². The quantitative estimate of drug-likeness (QED) is 0.834. The molecule has 0 amide bonds. The molecule has 2 aromatic carbocycles. The third-order valence-corrected chi connectivity index (χ3v) is 3.86. The molecule has 106 valence electrons. The molecular formula is C18H18N2O. The maximum absolute atomic E-state index is 5.22. The van der Waals surface area contributed by atoms with Crippen LogP contribution in [0.3, 0.4) is 0 Å². The number of benzene rings is 2. The summed E-state index contributed by atoms with van der Waals surface area (Å²) in [6.45, 7) is 2.04. The van der Waals surface area contributed by atoms with Gasteiger partial charge in [-0.25, -0.2) is 0 Å². The SMILES string of the molecule is COc1ccc(C2CC(c3ccccc3)=NN=C2C)cc1. The molecule has 2 aromatic rings. The minimum atomic E-state index is 0.281. The fourth-order valence-electron chi connectivity index (χ4n) is 2.59. The molecule has 0 bridgehead atoms. The van der Waals surface area contributed by atoms with Gasteiger partial charge in [0.25, 0.3) is 0 Å². The molecule has 0 radical (unpaired) electrons. The largest absolute Gasteiger partial charge is 0.497 e. The minimum Gasteiger partial charge on any atom is -0.497 e. The van der Waals surface area contributed by atoms with Crippen LogP contribution in [0.25, 0.3) is 0 Å². The Labute approximate surface area is 125 Å². The van der Waals surface area contributed by atoms with Crippen LogP contribution >= 0.6 is 0 Å². The van der Waals surface area contributed by atoms with E-state index < -0.39 is 0 Å². The van der Waals surface area contributed by atoms with Crippen molar-refractivity contribution in [2.45, 2.75) is 19.3 Å². The lowest BCUT2D eigenvalue weighted by Crippen LogP contribution is -2.18. The standard InChI is InChI=1S/C18H18N2O/c1-13-17(14-8-10-16(21-2)11-9-14)12-18(20-19-13)15-6-4-3-5-7-15/h3-11,17H,12H2,1-2H3. The minimum absolute atomic E-state index is 0.281. The van der Waals surface area contributed by atoms with Crippen molar-refractivity contribution in [3.8, 4) is 5.75 Å². The topological polar surface area (TPSA) is 34.0 Å². The van der Waals surface area contributed by atoms with E-state index in [-0.39, 0.29) is 5.92 Å². The van der Waals surface area contributed by atoms with Crippen LogP contribution in [-0.4, -0.2) is 18.5 Å². The summed E-state index contributed by atoms with van der Waals surface area (Å²) in [7, 11) is 1.68. The molecule has 21 heavy (non-hydrogen) atoms. The van der Waals surface area contributed by atoms with Gasteiger partial charge in [-0.3, -0.25) is 0 Å². The molecule has 0 aromatic heterocycles. The molecule has 0 saturated heterocycles. The van der Waals surface area contributed by atoms with Gasteiger partial charge in [0.2, 0.25) is 0 Å². The van der Waals surface area contributed by atoms with Crippen molar-refractivity contribution in [3.63, 3.8) is 0 Å². The average molecular weight is 278 g/mol. The summed E-state index contributed by atoms with van der Waals surface area (Å²) in [5.41, 5.74) is 4.49. The van der Waals surface area contributed by atoms with Crippen molar-refractivity contribution in [3.05, 3.63) is 65.7 Å². The fourth-order valence-corrected chi connectivity index (χ4v) is 2.59. The Morgan fingerprint density at radius 2 is 1.67 bits per heavy atom. The Morgan fingerprint density at radius 1 is 0.952 bits per heavy atom. The second kappa shape index (κ2) is 5.92. The Balaban J connectivity index is 1.88. The predicted molar refractivity (Wildman–Crippen MR) is 86.4 cm³/mol. The summed E-state index contributed by atoms with van der Waals surface area (Å²) in [6, 6.07) is 18.5. The van der Waals surface area contributed by atoms with E-state index in [1.807, 2.05) is 37.3 Å². The van der Waals surface area contributed by atoms with Gasteiger partial charge in [-0.2, -0.15) is 10.2 Å². The van der Waals surface area contributed by atoms with Crippen LogP contribution in [0.2, 0.25) is 0 Å². The summed E-state index contributed by atoms with van der Waals surface area (Å²) in [5.74, 6) is 1.16. The molecule has 1 atom stereocenters. The number of hydrogen-bond donors (Lipinski definition) is 0. The van der Waals surface area contributed by atoms with Crippen LogP contribution in [0.4, 0.5) is 0 Å². The molecule has 3 rings (SSSR count). The Kier molecular flexibility index (Phi) is 3.82. The van der Waals surface area contributed by atoms with E-state index in [9.17, 15) is 0 Å². The van der Waals surface area contributed by atoms with Crippen LogP contribution in [0, 0.1) is 0 Å². The molecule has 0 fully saturated rings. The number of hydrogen-bond acceptors (Lipinski definition) is 3. The van der Waals surface area contributed by atoms with Crippen LogP contribution in [-0.2, 0) is 0 Å². The summed E-state index contributed by atoms with van der Waals surface area (Å²) < 4.78 is 5.22. The highest BCUT2D eigenvalue weighted by Crippen LogP contribution is 2.28. The summed E-state index contributed by atoms with van der Waals surface area (Å²) in [6.07, 6.45) is 0.881. The third-order valence-electron chi connectivity index (χ3n) is 3.86. The van der Waals surface area contributed by atoms with Crippen molar-refractivity contribution >= 4 is 11.4 Å². The van der Waals surface area contributed by atoms with Crippen molar-refractivity contribution in [2.75, 3.05) is 7.11 Å². The van der Waals surface area contributed by atoms with Crippen molar-refractivity contribution in [2.24, 2.45) is 10.2 Å². The molecule has 1 heterocycles. The van der Waals surface area contributed by atoms with Crippen LogP contribution in [0.15, 0.2) is 64.8 Å². The first kappa shape index (κ1) is 13.6. The number of rotatable bonds is 3. The molecule has 1 aliphatic rings. The van der Waals surface area contributed by atoms with E-state index in [1.54, 1.807) is 7.11 Å². The average Bonchev–Trinajstić information content (AvgIpc) is 2.56. The Morgan fingerprint density at radius 3 is 2.33 bits per heavy atom. The summed E-state index contributed by atoms with van der Waals surface area (Å²) in [5, 5.41) is 8.73. The Bertz CT molecular complexity index is 672. The molecule has 3 nitrogen and oxygen atoms in total. The van der Waals surface area contributed by atoms with Gasteiger partial charge < -0.3 is 4.74 Å². The van der Waals surface area contributed by atoms with E-state index in [2.05, 4.69) is 34.5 Å². The van der Waals surface area contributed by atoms with E-state index in [1.165, 1.54) is 5.56 Å². The summed E-state index contributed by atoms with van der Waals surface area (Å²) >= 11 is 0. The third kappa shape index (κ3) is 2.87.